The molecule has 0 bridgehead atoms. The van der Waals surface area contributed by atoms with Crippen LogP contribution >= 0.6 is 11.3 Å². The second kappa shape index (κ2) is 5.69. The maximum absolute atomic E-state index is 13.8. The first-order valence-electron chi connectivity index (χ1n) is 6.47. The summed E-state index contributed by atoms with van der Waals surface area (Å²) in [6, 6.07) is 14.5. The number of rotatable bonds is 4. The monoisotopic (exact) mass is 287 g/mol. The second-order valence-electron chi connectivity index (χ2n) is 4.68. The molecule has 1 aromatic heterocycles. The molecule has 1 N–H and O–H groups in total. The zero-order chi connectivity index (χ0) is 13.9. The third-order valence-electron chi connectivity index (χ3n) is 3.32. The minimum atomic E-state index is -0.271. The summed E-state index contributed by atoms with van der Waals surface area (Å²) in [5.74, 6) is -0.524. The average Bonchev–Trinajstić information content (AvgIpc) is 2.88. The van der Waals surface area contributed by atoms with Crippen LogP contribution in [0, 0.1) is 5.82 Å². The summed E-state index contributed by atoms with van der Waals surface area (Å²) in [7, 11) is 0. The molecule has 0 fully saturated rings. The summed E-state index contributed by atoms with van der Waals surface area (Å²) < 4.78 is 14.9. The van der Waals surface area contributed by atoms with Gasteiger partial charge in [0.2, 0.25) is 0 Å². The molecule has 4 heteroatoms. The van der Waals surface area contributed by atoms with Crippen LogP contribution in [0.5, 0.6) is 0 Å². The number of nitrogens with zero attached hydrogens (tertiary/aromatic N) is 1. The van der Waals surface area contributed by atoms with Gasteiger partial charge in [-0.25, -0.2) is 9.37 Å². The van der Waals surface area contributed by atoms with E-state index in [1.54, 1.807) is 29.5 Å². The van der Waals surface area contributed by atoms with E-state index in [4.69, 9.17) is 0 Å². The van der Waals surface area contributed by atoms with Crippen molar-refractivity contribution in [2.75, 3.05) is 6.61 Å². The Morgan fingerprint density at radius 1 is 1.10 bits per heavy atom. The molecule has 2 nitrogen and oxygen atoms in total. The van der Waals surface area contributed by atoms with Gasteiger partial charge in [-0.15, -0.1) is 11.3 Å². The van der Waals surface area contributed by atoms with Crippen molar-refractivity contribution in [3.8, 4) is 0 Å². The lowest BCUT2D eigenvalue weighted by Gasteiger charge is -2.13. The van der Waals surface area contributed by atoms with Crippen molar-refractivity contribution in [3.63, 3.8) is 0 Å². The van der Waals surface area contributed by atoms with Gasteiger partial charge >= 0.3 is 0 Å². The number of hydrogen-bond acceptors (Lipinski definition) is 3. The minimum Gasteiger partial charge on any atom is -0.396 e. The molecule has 3 rings (SSSR count). The smallest absolute Gasteiger partial charge is 0.126 e. The van der Waals surface area contributed by atoms with E-state index in [-0.39, 0.29) is 18.3 Å². The third-order valence-corrected chi connectivity index (χ3v) is 4.38. The summed E-state index contributed by atoms with van der Waals surface area (Å²) in [5.41, 5.74) is 1.51. The Bertz CT molecular complexity index is 692. The molecule has 0 aliphatic rings. The van der Waals surface area contributed by atoms with Crippen LogP contribution < -0.4 is 0 Å². The summed E-state index contributed by atoms with van der Waals surface area (Å²) in [5, 5.41) is 10.5. The maximum atomic E-state index is 13.8. The van der Waals surface area contributed by atoms with Crippen molar-refractivity contribution in [3.05, 3.63) is 64.9 Å². The number of thiazole rings is 1. The Kier molecular flexibility index (Phi) is 3.76. The number of benzene rings is 2. The van der Waals surface area contributed by atoms with Crippen LogP contribution in [0.15, 0.2) is 48.5 Å². The van der Waals surface area contributed by atoms with Crippen molar-refractivity contribution in [1.82, 2.24) is 4.98 Å². The van der Waals surface area contributed by atoms with Crippen molar-refractivity contribution < 1.29 is 9.50 Å². The Labute approximate surface area is 120 Å². The highest BCUT2D eigenvalue weighted by Crippen LogP contribution is 2.28. The van der Waals surface area contributed by atoms with Gasteiger partial charge in [-0.3, -0.25) is 0 Å². The van der Waals surface area contributed by atoms with Crippen LogP contribution in [0.4, 0.5) is 4.39 Å². The average molecular weight is 287 g/mol. The number of fused-ring (bicyclic) bond motifs is 1. The number of aliphatic hydroxyl groups is 1. The normalized spacial score (nSPS) is 12.7. The van der Waals surface area contributed by atoms with Gasteiger partial charge < -0.3 is 5.11 Å². The number of aliphatic hydroxyl groups excluding tert-OH is 1. The zero-order valence-electron chi connectivity index (χ0n) is 10.8. The highest BCUT2D eigenvalue weighted by atomic mass is 32.1. The van der Waals surface area contributed by atoms with Crippen LogP contribution in [0.1, 0.15) is 16.5 Å². The van der Waals surface area contributed by atoms with Crippen LogP contribution in [-0.2, 0) is 6.42 Å². The van der Waals surface area contributed by atoms with Crippen LogP contribution in [0.2, 0.25) is 0 Å². The molecular formula is C16H14FNOS. The Morgan fingerprint density at radius 2 is 1.85 bits per heavy atom. The van der Waals surface area contributed by atoms with Gasteiger partial charge in [-0.05, 0) is 23.8 Å². The molecule has 0 radical (unpaired) electrons. The second-order valence-corrected chi connectivity index (χ2v) is 5.80. The van der Waals surface area contributed by atoms with Crippen LogP contribution in [0.3, 0.4) is 0 Å². The highest BCUT2D eigenvalue weighted by Gasteiger charge is 2.17. The standard InChI is InChI=1S/C16H14FNOS/c17-13-6-2-1-5-12(13)11(10-19)9-16-18-14-7-3-4-8-15(14)20-16/h1-8,11,19H,9-10H2. The molecule has 1 unspecified atom stereocenters. The molecule has 0 saturated carbocycles. The Balaban J connectivity index is 1.90. The molecular weight excluding hydrogens is 273 g/mol. The van der Waals surface area contributed by atoms with Gasteiger partial charge in [0.25, 0.3) is 0 Å². The number of para-hydroxylation sites is 1. The van der Waals surface area contributed by atoms with Crippen LogP contribution in [0.25, 0.3) is 10.2 Å². The predicted octanol–water partition coefficient (Wildman–Crippen LogP) is 3.75. The number of hydrogen-bond donors (Lipinski definition) is 1. The molecule has 0 saturated heterocycles. The third kappa shape index (κ3) is 2.57. The van der Waals surface area contributed by atoms with Crippen molar-refractivity contribution in [2.45, 2.75) is 12.3 Å². The van der Waals surface area contributed by atoms with E-state index in [0.29, 0.717) is 12.0 Å². The summed E-state index contributed by atoms with van der Waals surface area (Å²) in [4.78, 5) is 4.54. The predicted molar refractivity (Wildman–Crippen MR) is 79.6 cm³/mol. The fraction of sp³-hybridized carbons (Fsp3) is 0.188. The molecule has 3 aromatic rings. The van der Waals surface area contributed by atoms with Gasteiger partial charge in [0.05, 0.1) is 21.8 Å². The molecule has 0 aliphatic carbocycles. The first-order valence-corrected chi connectivity index (χ1v) is 7.29. The van der Waals surface area contributed by atoms with Gasteiger partial charge in [0.1, 0.15) is 5.82 Å². The van der Waals surface area contributed by atoms with Crippen molar-refractivity contribution >= 4 is 21.6 Å². The first kappa shape index (κ1) is 13.2. The lowest BCUT2D eigenvalue weighted by molar-refractivity contribution is 0.261. The molecule has 20 heavy (non-hydrogen) atoms. The van der Waals surface area contributed by atoms with Crippen molar-refractivity contribution in [2.24, 2.45) is 0 Å². The van der Waals surface area contributed by atoms with Gasteiger partial charge in [-0.1, -0.05) is 30.3 Å². The minimum absolute atomic E-state index is 0.0864. The zero-order valence-corrected chi connectivity index (χ0v) is 11.6. The molecule has 0 spiro atoms. The summed E-state index contributed by atoms with van der Waals surface area (Å²) in [6.45, 7) is -0.0864. The first-order chi connectivity index (χ1) is 9.78. The SMILES string of the molecule is OCC(Cc1nc2ccccc2s1)c1ccccc1F. The molecule has 1 atom stereocenters. The molecule has 0 aliphatic heterocycles. The summed E-state index contributed by atoms with van der Waals surface area (Å²) in [6.07, 6.45) is 0.552. The molecule has 0 amide bonds. The van der Waals surface area contributed by atoms with Crippen molar-refractivity contribution in [1.29, 1.82) is 0 Å². The van der Waals surface area contributed by atoms with Gasteiger partial charge in [0, 0.05) is 12.3 Å². The number of halogens is 1. The number of aromatic nitrogens is 1. The Hall–Kier alpha value is -1.78. The van der Waals surface area contributed by atoms with E-state index in [1.807, 2.05) is 24.3 Å². The van der Waals surface area contributed by atoms with E-state index >= 15 is 0 Å². The lowest BCUT2D eigenvalue weighted by atomic mass is 9.96. The van der Waals surface area contributed by atoms with E-state index in [0.717, 1.165) is 15.2 Å². The van der Waals surface area contributed by atoms with E-state index < -0.39 is 0 Å². The largest absolute Gasteiger partial charge is 0.396 e. The molecule has 102 valence electrons. The summed E-state index contributed by atoms with van der Waals surface area (Å²) >= 11 is 1.60. The maximum Gasteiger partial charge on any atom is 0.126 e. The quantitative estimate of drug-likeness (QED) is 0.792. The fourth-order valence-corrected chi connectivity index (χ4v) is 3.34. The van der Waals surface area contributed by atoms with E-state index in [9.17, 15) is 9.50 Å². The van der Waals surface area contributed by atoms with Crippen LogP contribution in [-0.4, -0.2) is 16.7 Å². The van der Waals surface area contributed by atoms with E-state index in [1.165, 1.54) is 6.07 Å². The molecule has 2 aromatic carbocycles. The molecule has 1 heterocycles. The Morgan fingerprint density at radius 3 is 2.60 bits per heavy atom. The topological polar surface area (TPSA) is 33.1 Å². The van der Waals surface area contributed by atoms with Gasteiger partial charge in [-0.2, -0.15) is 0 Å². The lowest BCUT2D eigenvalue weighted by Crippen LogP contribution is -2.09. The fourth-order valence-electron chi connectivity index (χ4n) is 2.30. The van der Waals surface area contributed by atoms with E-state index in [2.05, 4.69) is 4.98 Å². The van der Waals surface area contributed by atoms with Gasteiger partial charge in [0.15, 0.2) is 0 Å². The highest BCUT2D eigenvalue weighted by molar-refractivity contribution is 7.18.